The van der Waals surface area contributed by atoms with Crippen LogP contribution in [0.15, 0.2) is 95.3 Å². The lowest BCUT2D eigenvalue weighted by Gasteiger charge is -2.28. The quantitative estimate of drug-likeness (QED) is 0.273. The molecule has 1 unspecified atom stereocenters. The highest BCUT2D eigenvalue weighted by molar-refractivity contribution is 7.98. The van der Waals surface area contributed by atoms with Gasteiger partial charge in [0.1, 0.15) is 6.04 Å². The molecule has 0 spiro atoms. The third-order valence-corrected chi connectivity index (χ3v) is 7.08. The number of fused-ring (bicyclic) bond motifs is 1. The molecular formula is C26H21Cl2N5OS. The Labute approximate surface area is 217 Å². The third-order valence-electron chi connectivity index (χ3n) is 5.59. The normalized spacial score (nSPS) is 14.9. The Hall–Kier alpha value is -3.26. The lowest BCUT2D eigenvalue weighted by atomic mass is 9.95. The number of anilines is 2. The number of nitrogens with one attached hydrogen (secondary N) is 2. The zero-order valence-electron chi connectivity index (χ0n) is 18.7. The monoisotopic (exact) mass is 521 g/mol. The first-order valence-corrected chi connectivity index (χ1v) is 12.7. The Balaban J connectivity index is 1.50. The van der Waals surface area contributed by atoms with E-state index in [4.69, 9.17) is 28.3 Å². The maximum Gasteiger partial charge on any atom is 0.255 e. The number of nitrogens with zero attached hydrogens (tertiary/aromatic N) is 3. The number of thioether (sulfide) groups is 1. The van der Waals surface area contributed by atoms with Crippen LogP contribution in [0.25, 0.3) is 0 Å². The lowest BCUT2D eigenvalue weighted by Crippen LogP contribution is -2.31. The first-order valence-electron chi connectivity index (χ1n) is 10.9. The Bertz CT molecular complexity index is 1420. The molecule has 1 aliphatic heterocycles. The van der Waals surface area contributed by atoms with E-state index in [1.54, 1.807) is 10.7 Å². The van der Waals surface area contributed by atoms with Crippen molar-refractivity contribution in [3.8, 4) is 0 Å². The van der Waals surface area contributed by atoms with Gasteiger partial charge in [-0.25, -0.2) is 4.68 Å². The smallest absolute Gasteiger partial charge is 0.255 e. The minimum Gasteiger partial charge on any atom is -0.328 e. The Kier molecular flexibility index (Phi) is 6.81. The highest BCUT2D eigenvalue weighted by Gasteiger charge is 2.34. The van der Waals surface area contributed by atoms with Crippen LogP contribution >= 0.6 is 35.0 Å². The standard InChI is InChI=1S/C26H21Cl2N5OS/c1-16-22(24(34)30-20-11-3-2-4-12-20)23(17-9-7-10-19(27)14-17)33-25(29-16)31-26(32-33)35-15-18-8-5-6-13-21(18)28/h2-14,23H,15H2,1H3,(H,30,34)(H,29,31,32). The Morgan fingerprint density at radius 1 is 1.06 bits per heavy atom. The van der Waals surface area contributed by atoms with E-state index in [0.29, 0.717) is 43.9 Å². The van der Waals surface area contributed by atoms with Crippen LogP contribution in [0.4, 0.5) is 11.6 Å². The number of carbonyl (C=O) groups excluding carboxylic acids is 1. The van der Waals surface area contributed by atoms with Gasteiger partial charge in [-0.2, -0.15) is 4.98 Å². The molecule has 0 bridgehead atoms. The number of hydrogen-bond donors (Lipinski definition) is 2. The van der Waals surface area contributed by atoms with Crippen LogP contribution in [0.2, 0.25) is 10.0 Å². The fraction of sp³-hybridized carbons (Fsp3) is 0.115. The van der Waals surface area contributed by atoms with E-state index >= 15 is 0 Å². The number of benzene rings is 3. The van der Waals surface area contributed by atoms with Gasteiger partial charge in [-0.15, -0.1) is 5.10 Å². The van der Waals surface area contributed by atoms with Gasteiger partial charge in [0.15, 0.2) is 0 Å². The summed E-state index contributed by atoms with van der Waals surface area (Å²) in [6, 6.07) is 24.0. The van der Waals surface area contributed by atoms with Gasteiger partial charge < -0.3 is 10.6 Å². The highest BCUT2D eigenvalue weighted by atomic mass is 35.5. The van der Waals surface area contributed by atoms with Crippen molar-refractivity contribution in [3.05, 3.63) is 111 Å². The van der Waals surface area contributed by atoms with Crippen molar-refractivity contribution in [1.82, 2.24) is 14.8 Å². The summed E-state index contributed by atoms with van der Waals surface area (Å²) in [5.74, 6) is 0.960. The molecule has 2 N–H and O–H groups in total. The number of aromatic nitrogens is 3. The number of amides is 1. The molecule has 1 aromatic heterocycles. The molecule has 9 heteroatoms. The van der Waals surface area contributed by atoms with Crippen LogP contribution in [0.5, 0.6) is 0 Å². The van der Waals surface area contributed by atoms with E-state index < -0.39 is 6.04 Å². The molecule has 176 valence electrons. The predicted octanol–water partition coefficient (Wildman–Crippen LogP) is 6.80. The molecule has 4 aromatic rings. The minimum absolute atomic E-state index is 0.224. The second-order valence-electron chi connectivity index (χ2n) is 7.98. The van der Waals surface area contributed by atoms with Crippen molar-refractivity contribution in [2.24, 2.45) is 0 Å². The molecule has 35 heavy (non-hydrogen) atoms. The Morgan fingerprint density at radius 3 is 2.60 bits per heavy atom. The molecule has 0 saturated carbocycles. The van der Waals surface area contributed by atoms with Gasteiger partial charge in [0, 0.05) is 27.2 Å². The first-order chi connectivity index (χ1) is 17.0. The van der Waals surface area contributed by atoms with Gasteiger partial charge in [-0.05, 0) is 48.4 Å². The van der Waals surface area contributed by atoms with E-state index in [0.717, 1.165) is 11.1 Å². The van der Waals surface area contributed by atoms with Gasteiger partial charge in [0.05, 0.1) is 5.57 Å². The highest BCUT2D eigenvalue weighted by Crippen LogP contribution is 2.38. The Morgan fingerprint density at radius 2 is 1.83 bits per heavy atom. The van der Waals surface area contributed by atoms with E-state index in [-0.39, 0.29) is 5.91 Å². The molecule has 6 nitrogen and oxygen atoms in total. The molecule has 1 amide bonds. The summed E-state index contributed by atoms with van der Waals surface area (Å²) >= 11 is 14.1. The zero-order chi connectivity index (χ0) is 24.4. The minimum atomic E-state index is -0.504. The van der Waals surface area contributed by atoms with Crippen LogP contribution in [0.3, 0.4) is 0 Å². The molecule has 0 fully saturated rings. The third kappa shape index (κ3) is 5.07. The summed E-state index contributed by atoms with van der Waals surface area (Å²) in [5.41, 5.74) is 3.79. The predicted molar refractivity (Wildman–Crippen MR) is 142 cm³/mol. The second-order valence-corrected chi connectivity index (χ2v) is 9.77. The van der Waals surface area contributed by atoms with Crippen LogP contribution in [-0.2, 0) is 10.5 Å². The second kappa shape index (κ2) is 10.2. The number of carbonyl (C=O) groups is 1. The van der Waals surface area contributed by atoms with Crippen LogP contribution in [0.1, 0.15) is 24.1 Å². The number of rotatable bonds is 6. The largest absolute Gasteiger partial charge is 0.328 e. The molecule has 1 atom stereocenters. The van der Waals surface area contributed by atoms with Crippen molar-refractivity contribution in [2.75, 3.05) is 10.6 Å². The van der Waals surface area contributed by atoms with Gasteiger partial charge in [-0.3, -0.25) is 4.79 Å². The molecule has 0 saturated heterocycles. The van der Waals surface area contributed by atoms with Gasteiger partial charge in [0.25, 0.3) is 5.91 Å². The van der Waals surface area contributed by atoms with Crippen molar-refractivity contribution in [3.63, 3.8) is 0 Å². The SMILES string of the molecule is CC1=C(C(=O)Nc2ccccc2)C(c2cccc(Cl)c2)n2nc(SCc3ccccc3Cl)nc2N1. The number of halogens is 2. The molecule has 0 radical (unpaired) electrons. The van der Waals surface area contributed by atoms with Crippen molar-refractivity contribution in [2.45, 2.75) is 23.9 Å². The zero-order valence-corrected chi connectivity index (χ0v) is 21.0. The summed E-state index contributed by atoms with van der Waals surface area (Å²) < 4.78 is 1.74. The summed E-state index contributed by atoms with van der Waals surface area (Å²) in [5, 5.41) is 12.9. The van der Waals surface area contributed by atoms with Gasteiger partial charge >= 0.3 is 0 Å². The average Bonchev–Trinajstić information content (AvgIpc) is 3.25. The molecular weight excluding hydrogens is 501 g/mol. The summed E-state index contributed by atoms with van der Waals surface area (Å²) in [7, 11) is 0. The van der Waals surface area contributed by atoms with Crippen LogP contribution in [-0.4, -0.2) is 20.7 Å². The van der Waals surface area contributed by atoms with Gasteiger partial charge in [-0.1, -0.05) is 83.5 Å². The lowest BCUT2D eigenvalue weighted by molar-refractivity contribution is -0.113. The van der Waals surface area contributed by atoms with Crippen LogP contribution < -0.4 is 10.6 Å². The molecule has 3 aromatic carbocycles. The van der Waals surface area contributed by atoms with E-state index in [1.165, 1.54) is 11.8 Å². The number of hydrogen-bond acceptors (Lipinski definition) is 5. The fourth-order valence-electron chi connectivity index (χ4n) is 3.95. The molecule has 0 aliphatic carbocycles. The van der Waals surface area contributed by atoms with Crippen LogP contribution in [0, 0.1) is 0 Å². The molecule has 2 heterocycles. The first kappa shape index (κ1) is 23.5. The summed E-state index contributed by atoms with van der Waals surface area (Å²) in [6.07, 6.45) is 0. The maximum atomic E-state index is 13.5. The topological polar surface area (TPSA) is 71.8 Å². The van der Waals surface area contributed by atoms with E-state index in [2.05, 4.69) is 15.6 Å². The fourth-order valence-corrected chi connectivity index (χ4v) is 5.26. The summed E-state index contributed by atoms with van der Waals surface area (Å²) in [4.78, 5) is 18.2. The number of allylic oxidation sites excluding steroid dienone is 1. The van der Waals surface area contributed by atoms with Crippen molar-refractivity contribution in [1.29, 1.82) is 0 Å². The van der Waals surface area contributed by atoms with E-state index in [1.807, 2.05) is 79.7 Å². The molecule has 1 aliphatic rings. The summed E-state index contributed by atoms with van der Waals surface area (Å²) in [6.45, 7) is 1.87. The van der Waals surface area contributed by atoms with E-state index in [9.17, 15) is 4.79 Å². The van der Waals surface area contributed by atoms with Gasteiger partial charge in [0.2, 0.25) is 11.1 Å². The number of para-hydroxylation sites is 1. The van der Waals surface area contributed by atoms with Crippen molar-refractivity contribution >= 4 is 52.5 Å². The molecule has 5 rings (SSSR count). The average molecular weight is 522 g/mol. The maximum absolute atomic E-state index is 13.5. The van der Waals surface area contributed by atoms with Crippen molar-refractivity contribution < 1.29 is 4.79 Å².